The predicted octanol–water partition coefficient (Wildman–Crippen LogP) is 25.7. The second-order valence-electron chi connectivity index (χ2n) is 26.9. The van der Waals surface area contributed by atoms with Crippen LogP contribution in [0.15, 0.2) is 226 Å². The maximum atomic E-state index is 13.0. The second kappa shape index (κ2) is 45.6. The topological polar surface area (TPSA) is 173 Å². The number of aromatic amines is 1. The van der Waals surface area contributed by atoms with Gasteiger partial charge in [0.2, 0.25) is 0 Å². The van der Waals surface area contributed by atoms with Crippen molar-refractivity contribution >= 4 is 111 Å². The summed E-state index contributed by atoms with van der Waals surface area (Å²) in [6.07, 6.45) is 31.0. The van der Waals surface area contributed by atoms with Gasteiger partial charge >= 0.3 is 0 Å². The molecule has 19 heteroatoms. The zero-order valence-corrected chi connectivity index (χ0v) is 67.3. The van der Waals surface area contributed by atoms with Gasteiger partial charge in [-0.1, -0.05) is 160 Å². The number of benzene rings is 8. The number of fused-ring (bicyclic) bond motifs is 8. The number of rotatable bonds is 19. The van der Waals surface area contributed by atoms with Gasteiger partial charge in [-0.3, -0.25) is 0 Å². The lowest BCUT2D eigenvalue weighted by molar-refractivity contribution is 0.623. The molecule has 0 bridgehead atoms. The number of halogens is 4. The van der Waals surface area contributed by atoms with Gasteiger partial charge in [-0.05, 0) is 206 Å². The van der Waals surface area contributed by atoms with Crippen LogP contribution in [0.2, 0.25) is 10.0 Å². The summed E-state index contributed by atoms with van der Waals surface area (Å²) < 4.78 is 40.8. The van der Waals surface area contributed by atoms with E-state index in [0.717, 1.165) is 168 Å². The smallest absolute Gasteiger partial charge is 0.125 e. The minimum absolute atomic E-state index is 0.198. The van der Waals surface area contributed by atoms with E-state index in [-0.39, 0.29) is 11.6 Å². The molecule has 576 valence electrons. The summed E-state index contributed by atoms with van der Waals surface area (Å²) in [5, 5.41) is 32.7. The molecule has 0 aliphatic carbocycles. The van der Waals surface area contributed by atoms with E-state index in [0.29, 0.717) is 11.1 Å². The molecule has 0 atom stereocenters. The Kier molecular flexibility index (Phi) is 35.1. The third-order valence-corrected chi connectivity index (χ3v) is 18.8. The van der Waals surface area contributed by atoms with E-state index in [2.05, 4.69) is 189 Å². The first kappa shape index (κ1) is 85.3. The Morgan fingerprint density at radius 3 is 1.10 bits per heavy atom. The van der Waals surface area contributed by atoms with Gasteiger partial charge in [0.05, 0.1) is 104 Å². The summed E-state index contributed by atoms with van der Waals surface area (Å²) in [4.78, 5) is 20.0. The number of imidazole rings is 4. The standard InChI is InChI=1S/C12H14ClN.C12H13N3.C12H12N2.C11H12ClN.C11H13FN2.C10H11FN2.C10H12N2.C9H6N2.C5H12/c1-2-3-7-14-8-6-10-4-5-11(13)9-12(10)14;1-2-3-6-15-9-14-11-5-4-10(8-13)7-12(11)15;1-2-6-14-7-5-11-4-3-10(9-13)8-12(11)14;1-2-6-13-7-5-9-3-4-10(12)8-11(9)13;1-2-3-6-14-8-13-10-5-4-9(12)7-11(10)14;1-2-5-13-7-12-9-4-3-8(11)6-10(9)13;1-2-7-12-8-11-9-5-3-4-6-10(9)12;10-6-7-1-2-8-3-4-11-9(8)5-7;1-3-5-4-2/h4-6,8-9H,2-3,7H2,1H3;4-5,7,9H,2-3,6H2,1H3;3-5,7-8H,2,6H2,1H3;3-5,7-8H,2,6H2,1H3;4-5,7-8H,2-3,6H2,1H3;3-4,6-7H,2,5H2,1H3;3-6,8H,2,7H2,1H3;1-5,11H;3-5H2,1-2H3. The summed E-state index contributed by atoms with van der Waals surface area (Å²) in [6.45, 7) is 26.5. The van der Waals surface area contributed by atoms with Crippen LogP contribution in [0, 0.1) is 45.6 Å². The van der Waals surface area contributed by atoms with Crippen molar-refractivity contribution in [3.05, 3.63) is 264 Å². The molecule has 16 aromatic rings. The highest BCUT2D eigenvalue weighted by molar-refractivity contribution is 6.31. The highest BCUT2D eigenvalue weighted by Gasteiger charge is 2.08. The van der Waals surface area contributed by atoms with Gasteiger partial charge in [0.25, 0.3) is 0 Å². The van der Waals surface area contributed by atoms with Gasteiger partial charge in [0.1, 0.15) is 11.6 Å². The number of unbranched alkanes of at least 4 members (excludes halogenated alkanes) is 5. The molecule has 8 aromatic heterocycles. The molecule has 0 fully saturated rings. The molecule has 0 aliphatic heterocycles. The molecule has 0 unspecified atom stereocenters. The number of nitrogens with zero attached hydrogens (tertiary/aromatic N) is 14. The molecular weight excluding hydrogens is 1420 g/mol. The highest BCUT2D eigenvalue weighted by atomic mass is 35.5. The quantitative estimate of drug-likeness (QED) is 0.0838. The first-order chi connectivity index (χ1) is 54.2. The number of nitrogens with one attached hydrogen (secondary N) is 1. The molecule has 0 saturated heterocycles. The van der Waals surface area contributed by atoms with E-state index in [4.69, 9.17) is 39.0 Å². The van der Waals surface area contributed by atoms with Crippen molar-refractivity contribution in [2.24, 2.45) is 0 Å². The van der Waals surface area contributed by atoms with Crippen LogP contribution < -0.4 is 0 Å². The Balaban J connectivity index is 0.000000158. The Morgan fingerprint density at radius 2 is 0.658 bits per heavy atom. The van der Waals surface area contributed by atoms with E-state index in [1.807, 2.05) is 119 Å². The number of hydrogen-bond acceptors (Lipinski definition) is 7. The fourth-order valence-electron chi connectivity index (χ4n) is 12.5. The van der Waals surface area contributed by atoms with Gasteiger partial charge in [0, 0.05) is 103 Å². The number of nitriles is 3. The third kappa shape index (κ3) is 25.1. The van der Waals surface area contributed by atoms with Crippen LogP contribution >= 0.6 is 23.2 Å². The zero-order chi connectivity index (χ0) is 79.3. The first-order valence-corrected chi connectivity index (χ1v) is 39.8. The summed E-state index contributed by atoms with van der Waals surface area (Å²) in [7, 11) is 0. The highest BCUT2D eigenvalue weighted by Crippen LogP contribution is 2.25. The van der Waals surface area contributed by atoms with Crippen molar-refractivity contribution in [1.29, 1.82) is 15.8 Å². The van der Waals surface area contributed by atoms with Crippen molar-refractivity contribution in [3.8, 4) is 18.2 Å². The van der Waals surface area contributed by atoms with E-state index >= 15 is 0 Å². The van der Waals surface area contributed by atoms with Crippen LogP contribution in [0.5, 0.6) is 0 Å². The van der Waals surface area contributed by atoms with Crippen LogP contribution in [0.1, 0.15) is 162 Å². The average molecular weight is 1530 g/mol. The molecule has 0 amide bonds. The zero-order valence-electron chi connectivity index (χ0n) is 65.8. The van der Waals surface area contributed by atoms with Gasteiger partial charge in [0.15, 0.2) is 0 Å². The van der Waals surface area contributed by atoms with E-state index in [1.54, 1.807) is 30.9 Å². The Labute approximate surface area is 662 Å². The lowest BCUT2D eigenvalue weighted by atomic mass is 10.2. The first-order valence-electron chi connectivity index (χ1n) is 39.1. The van der Waals surface area contributed by atoms with Crippen LogP contribution in [0.25, 0.3) is 87.7 Å². The summed E-state index contributed by atoms with van der Waals surface area (Å²) in [5.41, 5.74) is 14.6. The minimum Gasteiger partial charge on any atom is -0.361 e. The van der Waals surface area contributed by atoms with E-state index in [1.165, 1.54) is 89.1 Å². The van der Waals surface area contributed by atoms with E-state index < -0.39 is 0 Å². The van der Waals surface area contributed by atoms with Crippen LogP contribution in [-0.4, -0.2) is 56.9 Å². The van der Waals surface area contributed by atoms with Gasteiger partial charge < -0.3 is 37.0 Å². The summed E-state index contributed by atoms with van der Waals surface area (Å²) in [5.74, 6) is -0.402. The Bertz CT molecular complexity index is 5440. The molecular formula is C92H105Cl2F2N15. The third-order valence-electron chi connectivity index (χ3n) is 18.3. The van der Waals surface area contributed by atoms with Crippen molar-refractivity contribution < 1.29 is 8.78 Å². The largest absolute Gasteiger partial charge is 0.361 e. The second-order valence-corrected chi connectivity index (χ2v) is 27.8. The molecule has 0 spiro atoms. The maximum absolute atomic E-state index is 13.0. The van der Waals surface area contributed by atoms with Crippen molar-refractivity contribution in [2.75, 3.05) is 0 Å². The molecule has 8 aromatic carbocycles. The number of hydrogen-bond donors (Lipinski definition) is 1. The molecule has 1 N–H and O–H groups in total. The number of para-hydroxylation sites is 2. The van der Waals surface area contributed by atoms with Gasteiger partial charge in [-0.15, -0.1) is 0 Å². The average Bonchev–Trinajstić information content (AvgIpc) is 1.73. The van der Waals surface area contributed by atoms with Crippen LogP contribution in [0.4, 0.5) is 8.78 Å². The molecule has 111 heavy (non-hydrogen) atoms. The molecule has 0 saturated carbocycles. The van der Waals surface area contributed by atoms with Crippen molar-refractivity contribution in [3.63, 3.8) is 0 Å². The number of aromatic nitrogens is 12. The van der Waals surface area contributed by atoms with Gasteiger partial charge in [-0.2, -0.15) is 15.8 Å². The SMILES string of the molecule is CCCCC.CCCCn1ccc2ccc(Cl)cc21.CCCCn1cnc2ccc(C#N)cc21.CCCCn1cnc2ccc(F)cc21.CCCn1ccc2ccc(C#N)cc21.CCCn1ccc2ccc(Cl)cc21.CCCn1cnc2ccc(F)cc21.CCCn1cnc2ccccc21.N#Cc1ccc2cc[nH]c2c1. The molecule has 0 radical (unpaired) electrons. The predicted molar refractivity (Wildman–Crippen MR) is 458 cm³/mol. The fourth-order valence-corrected chi connectivity index (χ4v) is 12.8. The van der Waals surface area contributed by atoms with Crippen LogP contribution in [0.3, 0.4) is 0 Å². The summed E-state index contributed by atoms with van der Waals surface area (Å²) in [6, 6.07) is 61.4. The maximum Gasteiger partial charge on any atom is 0.125 e. The van der Waals surface area contributed by atoms with Gasteiger partial charge in [-0.25, -0.2) is 28.7 Å². The molecule has 8 heterocycles. The normalized spacial score (nSPS) is 10.5. The fraction of sp³-hybridized carbons (Fsp3) is 0.315. The lowest BCUT2D eigenvalue weighted by Gasteiger charge is -2.03. The molecule has 15 nitrogen and oxygen atoms in total. The van der Waals surface area contributed by atoms with Crippen molar-refractivity contribution in [1.82, 2.24) is 56.9 Å². The Morgan fingerprint density at radius 1 is 0.315 bits per heavy atom. The minimum atomic E-state index is -0.203. The van der Waals surface area contributed by atoms with Crippen molar-refractivity contribution in [2.45, 2.75) is 192 Å². The Hall–Kier alpha value is -11.3. The molecule has 16 rings (SSSR count). The monoisotopic (exact) mass is 1530 g/mol. The lowest BCUT2D eigenvalue weighted by Crippen LogP contribution is -1.95. The summed E-state index contributed by atoms with van der Waals surface area (Å²) >= 11 is 11.9. The number of aryl methyl sites for hydroxylation is 7. The van der Waals surface area contributed by atoms with Crippen LogP contribution in [-0.2, 0) is 45.8 Å². The number of H-pyrrole nitrogens is 1. The molecule has 0 aliphatic rings. The van der Waals surface area contributed by atoms with E-state index in [9.17, 15) is 8.78 Å².